The van der Waals surface area contributed by atoms with Crippen molar-refractivity contribution in [3.05, 3.63) is 0 Å². The molecule has 0 aromatic rings. The van der Waals surface area contributed by atoms with E-state index in [0.29, 0.717) is 0 Å². The molecule has 0 aromatic carbocycles. The first-order valence-electron chi connectivity index (χ1n) is 4.37. The van der Waals surface area contributed by atoms with Crippen LogP contribution in [0.15, 0.2) is 0 Å². The second-order valence-electron chi connectivity index (χ2n) is 3.44. The minimum atomic E-state index is -3.24. The van der Waals surface area contributed by atoms with Gasteiger partial charge in [0.15, 0.2) is 15.1 Å². The van der Waals surface area contributed by atoms with Crippen molar-refractivity contribution in [2.75, 3.05) is 12.8 Å². The molecule has 0 amide bonds. The van der Waals surface area contributed by atoms with E-state index in [4.69, 9.17) is 5.26 Å². The van der Waals surface area contributed by atoms with E-state index in [0.717, 1.165) is 32.1 Å². The zero-order valence-electron chi connectivity index (χ0n) is 7.66. The van der Waals surface area contributed by atoms with Gasteiger partial charge in [0, 0.05) is 12.3 Å². The predicted molar refractivity (Wildman–Crippen MR) is 49.9 cm³/mol. The van der Waals surface area contributed by atoms with Crippen molar-refractivity contribution in [1.82, 2.24) is 5.32 Å². The monoisotopic (exact) mass is 202 g/mol. The molecule has 0 aliphatic carbocycles. The fraction of sp³-hybridized carbons (Fsp3) is 0.875. The van der Waals surface area contributed by atoms with Crippen LogP contribution in [0.5, 0.6) is 0 Å². The van der Waals surface area contributed by atoms with E-state index >= 15 is 0 Å². The number of hydrogen-bond acceptors (Lipinski definition) is 4. The zero-order chi connectivity index (χ0) is 9.90. The quantitative estimate of drug-likeness (QED) is 0.687. The molecule has 0 radical (unpaired) electrons. The standard InChI is InChI=1S/C8H14N2O2S/c1-13(11,12)8(6-9)7-4-2-3-5-10-7/h7-8,10H,2-5H2,1H3. The molecule has 4 nitrogen and oxygen atoms in total. The van der Waals surface area contributed by atoms with Crippen LogP contribution in [-0.2, 0) is 9.84 Å². The largest absolute Gasteiger partial charge is 0.312 e. The lowest BCUT2D eigenvalue weighted by molar-refractivity contribution is 0.404. The van der Waals surface area contributed by atoms with Gasteiger partial charge in [0.2, 0.25) is 0 Å². The van der Waals surface area contributed by atoms with Crippen molar-refractivity contribution in [3.63, 3.8) is 0 Å². The summed E-state index contributed by atoms with van der Waals surface area (Å²) in [6.45, 7) is 0.818. The number of hydrogen-bond donors (Lipinski definition) is 1. The van der Waals surface area contributed by atoms with Crippen LogP contribution >= 0.6 is 0 Å². The van der Waals surface area contributed by atoms with E-state index in [1.54, 1.807) is 0 Å². The molecule has 0 spiro atoms. The van der Waals surface area contributed by atoms with Crippen LogP contribution in [0.25, 0.3) is 0 Å². The third-order valence-corrected chi connectivity index (χ3v) is 3.66. The number of piperidine rings is 1. The molecule has 0 bridgehead atoms. The minimum absolute atomic E-state index is 0.172. The molecule has 1 heterocycles. The average molecular weight is 202 g/mol. The summed E-state index contributed by atoms with van der Waals surface area (Å²) in [7, 11) is -3.24. The molecule has 1 rings (SSSR count). The van der Waals surface area contributed by atoms with E-state index in [1.807, 2.05) is 6.07 Å². The Labute approximate surface area is 78.9 Å². The summed E-state index contributed by atoms with van der Waals surface area (Å²) in [6, 6.07) is 1.69. The van der Waals surface area contributed by atoms with Gasteiger partial charge in [-0.15, -0.1) is 0 Å². The Morgan fingerprint density at radius 3 is 2.62 bits per heavy atom. The van der Waals surface area contributed by atoms with Crippen molar-refractivity contribution in [2.24, 2.45) is 0 Å². The Balaban J connectivity index is 2.73. The van der Waals surface area contributed by atoms with Gasteiger partial charge in [-0.25, -0.2) is 8.42 Å². The van der Waals surface area contributed by atoms with Crippen molar-refractivity contribution in [3.8, 4) is 6.07 Å². The Morgan fingerprint density at radius 2 is 2.23 bits per heavy atom. The summed E-state index contributed by atoms with van der Waals surface area (Å²) < 4.78 is 22.4. The highest BCUT2D eigenvalue weighted by Gasteiger charge is 2.30. The van der Waals surface area contributed by atoms with E-state index in [2.05, 4.69) is 5.32 Å². The maximum atomic E-state index is 11.2. The fourth-order valence-electron chi connectivity index (χ4n) is 1.62. The lowest BCUT2D eigenvalue weighted by Crippen LogP contribution is -2.45. The SMILES string of the molecule is CS(=O)(=O)C(C#N)C1CCCCN1. The van der Waals surface area contributed by atoms with Crippen LogP contribution in [0.3, 0.4) is 0 Å². The molecule has 13 heavy (non-hydrogen) atoms. The maximum Gasteiger partial charge on any atom is 0.165 e. The van der Waals surface area contributed by atoms with Gasteiger partial charge in [-0.05, 0) is 19.4 Å². The third kappa shape index (κ3) is 2.68. The van der Waals surface area contributed by atoms with E-state index in [-0.39, 0.29) is 6.04 Å². The highest BCUT2D eigenvalue weighted by Crippen LogP contribution is 2.14. The second-order valence-corrected chi connectivity index (χ2v) is 5.60. The third-order valence-electron chi connectivity index (χ3n) is 2.30. The summed E-state index contributed by atoms with van der Waals surface area (Å²) in [6.07, 6.45) is 3.98. The summed E-state index contributed by atoms with van der Waals surface area (Å²) in [5.41, 5.74) is 0. The second kappa shape index (κ2) is 4.07. The van der Waals surface area contributed by atoms with Crippen molar-refractivity contribution in [1.29, 1.82) is 5.26 Å². The van der Waals surface area contributed by atoms with Crippen LogP contribution in [0.1, 0.15) is 19.3 Å². The van der Waals surface area contributed by atoms with E-state index in [9.17, 15) is 8.42 Å². The van der Waals surface area contributed by atoms with Gasteiger partial charge < -0.3 is 5.32 Å². The number of nitrogens with zero attached hydrogens (tertiary/aromatic N) is 1. The number of nitriles is 1. The molecule has 2 atom stereocenters. The summed E-state index contributed by atoms with van der Waals surface area (Å²) in [5.74, 6) is 0. The Hall–Kier alpha value is -0.600. The van der Waals surface area contributed by atoms with Crippen LogP contribution in [0.4, 0.5) is 0 Å². The van der Waals surface area contributed by atoms with Gasteiger partial charge in [-0.1, -0.05) is 6.42 Å². The first-order valence-corrected chi connectivity index (χ1v) is 6.33. The topological polar surface area (TPSA) is 70.0 Å². The Morgan fingerprint density at radius 1 is 1.54 bits per heavy atom. The minimum Gasteiger partial charge on any atom is -0.312 e. The van der Waals surface area contributed by atoms with Gasteiger partial charge >= 0.3 is 0 Å². The molecule has 74 valence electrons. The summed E-state index contributed by atoms with van der Waals surface area (Å²) in [5, 5.41) is 10.9. The molecule has 1 aliphatic heterocycles. The molecule has 0 aromatic heterocycles. The number of sulfone groups is 1. The molecule has 0 saturated carbocycles. The highest BCUT2D eigenvalue weighted by atomic mass is 32.2. The Kier molecular flexibility index (Phi) is 3.28. The van der Waals surface area contributed by atoms with E-state index < -0.39 is 15.1 Å². The Bertz CT molecular complexity index is 299. The maximum absolute atomic E-state index is 11.2. The summed E-state index contributed by atoms with van der Waals surface area (Å²) in [4.78, 5) is 0. The molecule has 1 saturated heterocycles. The van der Waals surface area contributed by atoms with Crippen molar-refractivity contribution < 1.29 is 8.42 Å². The fourth-order valence-corrected chi connectivity index (χ4v) is 2.64. The molecular formula is C8H14N2O2S. The molecule has 5 heteroatoms. The molecule has 2 unspecified atom stereocenters. The van der Waals surface area contributed by atoms with Crippen molar-refractivity contribution in [2.45, 2.75) is 30.6 Å². The van der Waals surface area contributed by atoms with Gasteiger partial charge in [-0.3, -0.25) is 0 Å². The molecule has 1 aliphatic rings. The van der Waals surface area contributed by atoms with Crippen molar-refractivity contribution >= 4 is 9.84 Å². The highest BCUT2D eigenvalue weighted by molar-refractivity contribution is 7.91. The van der Waals surface area contributed by atoms with Crippen LogP contribution in [-0.4, -0.2) is 32.5 Å². The van der Waals surface area contributed by atoms with Crippen LogP contribution in [0.2, 0.25) is 0 Å². The van der Waals surface area contributed by atoms with Gasteiger partial charge in [0.05, 0.1) is 6.07 Å². The van der Waals surface area contributed by atoms with Gasteiger partial charge in [0.25, 0.3) is 0 Å². The number of nitrogens with one attached hydrogen (secondary N) is 1. The lowest BCUT2D eigenvalue weighted by Gasteiger charge is -2.25. The average Bonchev–Trinajstić information content (AvgIpc) is 2.05. The van der Waals surface area contributed by atoms with Gasteiger partial charge in [-0.2, -0.15) is 5.26 Å². The predicted octanol–water partition coefficient (Wildman–Crippen LogP) is 0.0653. The molecule has 1 N–H and O–H groups in total. The summed E-state index contributed by atoms with van der Waals surface area (Å²) >= 11 is 0. The normalized spacial score (nSPS) is 26.3. The lowest BCUT2D eigenvalue weighted by atomic mass is 10.0. The first-order chi connectivity index (χ1) is 6.05. The first kappa shape index (κ1) is 10.5. The van der Waals surface area contributed by atoms with E-state index in [1.165, 1.54) is 0 Å². The molecular weight excluding hydrogens is 188 g/mol. The number of rotatable bonds is 2. The molecule has 1 fully saturated rings. The smallest absolute Gasteiger partial charge is 0.165 e. The van der Waals surface area contributed by atoms with Gasteiger partial charge in [0.1, 0.15) is 0 Å². The zero-order valence-corrected chi connectivity index (χ0v) is 8.47. The van der Waals surface area contributed by atoms with Crippen LogP contribution < -0.4 is 5.32 Å². The van der Waals surface area contributed by atoms with Crippen LogP contribution in [0, 0.1) is 11.3 Å².